The van der Waals surface area contributed by atoms with Crippen LogP contribution in [0.4, 0.5) is 13.2 Å². The highest BCUT2D eigenvalue weighted by molar-refractivity contribution is 8.17. The summed E-state index contributed by atoms with van der Waals surface area (Å²) in [5.74, 6) is -0.227. The van der Waals surface area contributed by atoms with E-state index in [0.29, 0.717) is 42.1 Å². The Morgan fingerprint density at radius 1 is 1.16 bits per heavy atom. The summed E-state index contributed by atoms with van der Waals surface area (Å²) in [4.78, 5) is 32.9. The van der Waals surface area contributed by atoms with Gasteiger partial charge in [0, 0.05) is 34.3 Å². The predicted molar refractivity (Wildman–Crippen MR) is 183 cm³/mol. The van der Waals surface area contributed by atoms with Crippen LogP contribution in [0.25, 0.3) is 11.3 Å². The number of esters is 1. The van der Waals surface area contributed by atoms with Gasteiger partial charge in [-0.2, -0.15) is 13.2 Å². The number of allylic oxidation sites excluding steroid dienone is 1. The number of thiazole rings is 1. The highest BCUT2D eigenvalue weighted by Crippen LogP contribution is 2.43. The van der Waals surface area contributed by atoms with Gasteiger partial charge in [0.15, 0.2) is 0 Å². The van der Waals surface area contributed by atoms with Crippen molar-refractivity contribution in [2.75, 3.05) is 19.7 Å². The van der Waals surface area contributed by atoms with Gasteiger partial charge in [0.2, 0.25) is 5.91 Å². The summed E-state index contributed by atoms with van der Waals surface area (Å²) in [7, 11) is 0. The second-order valence-corrected chi connectivity index (χ2v) is 14.8. The van der Waals surface area contributed by atoms with Gasteiger partial charge in [-0.25, -0.2) is 4.98 Å². The largest absolute Gasteiger partial charge is 0.466 e. The van der Waals surface area contributed by atoms with E-state index in [4.69, 9.17) is 26.7 Å². The van der Waals surface area contributed by atoms with Gasteiger partial charge < -0.3 is 9.64 Å². The number of hydrogen-bond donors (Lipinski definition) is 1. The van der Waals surface area contributed by atoms with Crippen LogP contribution in [-0.2, 0) is 25.6 Å². The molecule has 1 amide bonds. The van der Waals surface area contributed by atoms with Crippen molar-refractivity contribution in [3.63, 3.8) is 0 Å². The highest BCUT2D eigenvalue weighted by Gasteiger charge is 2.31. The maximum absolute atomic E-state index is 13.3. The number of carbonyl (C=O) groups is 2. The molecule has 0 atom stereocenters. The minimum Gasteiger partial charge on any atom is -0.466 e. The molecule has 0 bridgehead atoms. The highest BCUT2D eigenvalue weighted by atomic mass is 35.5. The third kappa shape index (κ3) is 12.3. The SMILES string of the molecule is C/C=C(\CC(=O)OCC)SC(=N)CC(=O)N1CCC(c2nc(-c3cc(SC(F)(F)F)cc(C(C)(C)C)c3)c(CCl)s2)CC1.CC. The fraction of sp³-hybridized carbons (Fsp3) is 0.562. The number of benzene rings is 1. The maximum Gasteiger partial charge on any atom is 0.446 e. The number of likely N-dealkylation sites (tertiary alicyclic amines) is 1. The molecule has 3 rings (SSSR count). The summed E-state index contributed by atoms with van der Waals surface area (Å²) < 4.78 is 44.8. The number of carbonyl (C=O) groups excluding carboxylic acids is 2. The molecule has 1 fully saturated rings. The van der Waals surface area contributed by atoms with E-state index >= 15 is 0 Å². The van der Waals surface area contributed by atoms with Gasteiger partial charge in [0.25, 0.3) is 0 Å². The second kappa shape index (κ2) is 17.8. The van der Waals surface area contributed by atoms with Crippen molar-refractivity contribution in [1.29, 1.82) is 5.41 Å². The van der Waals surface area contributed by atoms with Crippen LogP contribution in [0.5, 0.6) is 0 Å². The fourth-order valence-electron chi connectivity index (χ4n) is 4.59. The minimum atomic E-state index is -4.41. The van der Waals surface area contributed by atoms with Crippen molar-refractivity contribution in [3.8, 4) is 11.3 Å². The van der Waals surface area contributed by atoms with E-state index in [-0.39, 0.29) is 70.2 Å². The molecule has 1 N–H and O–H groups in total. The number of piperidine rings is 1. The molecule has 0 unspecified atom stereocenters. The molecule has 0 saturated carbocycles. The third-order valence-corrected chi connectivity index (χ3v) is 10.2. The summed E-state index contributed by atoms with van der Waals surface area (Å²) in [6.45, 7) is 14.7. The summed E-state index contributed by atoms with van der Waals surface area (Å²) in [6, 6.07) is 5.01. The Morgan fingerprint density at radius 2 is 1.80 bits per heavy atom. The van der Waals surface area contributed by atoms with Crippen LogP contribution in [0, 0.1) is 5.41 Å². The molecule has 0 spiro atoms. The van der Waals surface area contributed by atoms with Crippen LogP contribution in [0.1, 0.15) is 95.5 Å². The van der Waals surface area contributed by atoms with Crippen molar-refractivity contribution >= 4 is 63.4 Å². The van der Waals surface area contributed by atoms with E-state index in [1.54, 1.807) is 30.9 Å². The van der Waals surface area contributed by atoms with Crippen LogP contribution in [0.2, 0.25) is 0 Å². The number of hydrogen-bond acceptors (Lipinski definition) is 8. The number of amides is 1. The lowest BCUT2D eigenvalue weighted by atomic mass is 9.86. The number of rotatable bonds is 10. The zero-order valence-corrected chi connectivity index (χ0v) is 30.1. The Kier molecular flexibility index (Phi) is 15.5. The monoisotopic (exact) mass is 705 g/mol. The molecule has 2 heterocycles. The topological polar surface area (TPSA) is 83.3 Å². The predicted octanol–water partition coefficient (Wildman–Crippen LogP) is 10.1. The molecule has 2 aromatic rings. The molecule has 45 heavy (non-hydrogen) atoms. The maximum atomic E-state index is 13.3. The Labute approximate surface area is 282 Å². The molecular formula is C32H43ClF3N3O3S3. The normalized spacial score (nSPS) is 14.6. The molecule has 0 aliphatic carbocycles. The first kappa shape index (κ1) is 39.2. The number of nitrogens with one attached hydrogen (secondary N) is 1. The van der Waals surface area contributed by atoms with E-state index < -0.39 is 5.51 Å². The molecule has 1 aromatic carbocycles. The van der Waals surface area contributed by atoms with Crippen molar-refractivity contribution in [2.24, 2.45) is 0 Å². The standard InChI is InChI=1S/C30H37ClF3N3O3S3.C2H6/c1-6-21(15-26(39)40-7-2)41-24(35)16-25(38)37-10-8-18(9-11-37)28-36-27(23(17-31)42-28)19-12-20(29(3,4)5)14-22(13-19)43-30(32,33)34;1-2/h6,12-14,18,35H,7-11,15-17H2,1-5H3;1-2H3/b21-6+,35-24?;. The van der Waals surface area contributed by atoms with Gasteiger partial charge in [0.05, 0.1) is 41.1 Å². The molecule has 6 nitrogen and oxygen atoms in total. The number of ether oxygens (including phenoxy) is 1. The van der Waals surface area contributed by atoms with Gasteiger partial charge in [-0.05, 0) is 72.5 Å². The molecule has 1 aliphatic rings. The molecule has 0 radical (unpaired) electrons. The fourth-order valence-corrected chi connectivity index (χ4v) is 7.45. The molecule has 13 heteroatoms. The van der Waals surface area contributed by atoms with Gasteiger partial charge >= 0.3 is 11.5 Å². The zero-order valence-electron chi connectivity index (χ0n) is 26.9. The lowest BCUT2D eigenvalue weighted by Crippen LogP contribution is -2.38. The molecule has 250 valence electrons. The van der Waals surface area contributed by atoms with Crippen LogP contribution in [0.3, 0.4) is 0 Å². The van der Waals surface area contributed by atoms with Crippen molar-refractivity contribution in [2.45, 2.75) is 102 Å². The van der Waals surface area contributed by atoms with Gasteiger partial charge in [-0.1, -0.05) is 52.5 Å². The number of nitrogens with zero attached hydrogens (tertiary/aromatic N) is 2. The van der Waals surface area contributed by atoms with Crippen LogP contribution in [0.15, 0.2) is 34.1 Å². The zero-order chi connectivity index (χ0) is 33.9. The molecule has 1 aromatic heterocycles. The second-order valence-electron chi connectivity index (χ2n) is 11.1. The van der Waals surface area contributed by atoms with Gasteiger partial charge in [0.1, 0.15) is 0 Å². The average molecular weight is 706 g/mol. The van der Waals surface area contributed by atoms with Crippen molar-refractivity contribution in [3.05, 3.63) is 44.6 Å². The Hall–Kier alpha value is -2.02. The average Bonchev–Trinajstić information content (AvgIpc) is 3.41. The molecular weight excluding hydrogens is 663 g/mol. The van der Waals surface area contributed by atoms with Gasteiger partial charge in [-0.15, -0.1) is 22.9 Å². The third-order valence-electron chi connectivity index (χ3n) is 6.82. The quantitative estimate of drug-likeness (QED) is 0.0871. The first-order chi connectivity index (χ1) is 21.1. The molecule has 1 aliphatic heterocycles. The van der Waals surface area contributed by atoms with E-state index in [2.05, 4.69) is 0 Å². The van der Waals surface area contributed by atoms with E-state index in [1.807, 2.05) is 40.7 Å². The van der Waals surface area contributed by atoms with Crippen molar-refractivity contribution in [1.82, 2.24) is 9.88 Å². The number of aromatic nitrogens is 1. The first-order valence-electron chi connectivity index (χ1n) is 14.9. The van der Waals surface area contributed by atoms with Crippen LogP contribution in [-0.4, -0.2) is 52.0 Å². The summed E-state index contributed by atoms with van der Waals surface area (Å²) in [5.41, 5.74) is -2.76. The molecule has 1 saturated heterocycles. The lowest BCUT2D eigenvalue weighted by molar-refractivity contribution is -0.142. The van der Waals surface area contributed by atoms with Gasteiger partial charge in [-0.3, -0.25) is 15.0 Å². The Bertz CT molecular complexity index is 1350. The number of thioether (sulfide) groups is 2. The number of halogens is 4. The van der Waals surface area contributed by atoms with Crippen LogP contribution >= 0.6 is 46.5 Å². The van der Waals surface area contributed by atoms with Crippen molar-refractivity contribution < 1.29 is 27.5 Å². The first-order valence-corrected chi connectivity index (χ1v) is 17.9. The summed E-state index contributed by atoms with van der Waals surface area (Å²) >= 11 is 8.75. The summed E-state index contributed by atoms with van der Waals surface area (Å²) in [6.07, 6.45) is 3.14. The Morgan fingerprint density at radius 3 is 2.33 bits per heavy atom. The van der Waals surface area contributed by atoms with E-state index in [0.717, 1.165) is 27.2 Å². The van der Waals surface area contributed by atoms with Crippen LogP contribution < -0.4 is 0 Å². The van der Waals surface area contributed by atoms with E-state index in [1.165, 1.54) is 17.4 Å². The van der Waals surface area contributed by atoms with E-state index in [9.17, 15) is 22.8 Å². The number of alkyl halides is 4. The Balaban J connectivity index is 0.00000345. The summed E-state index contributed by atoms with van der Waals surface area (Å²) in [5, 5.41) is 9.31. The smallest absolute Gasteiger partial charge is 0.446 e. The minimum absolute atomic E-state index is 0.0459. The lowest BCUT2D eigenvalue weighted by Gasteiger charge is -2.31.